The zero-order valence-electron chi connectivity index (χ0n) is 5.79. The van der Waals surface area contributed by atoms with Crippen LogP contribution in [0.3, 0.4) is 0 Å². The van der Waals surface area contributed by atoms with Gasteiger partial charge in [-0.25, -0.2) is 0 Å². The fraction of sp³-hybridized carbons (Fsp3) is 1.00. The Bertz CT molecular complexity index is 34.4. The van der Waals surface area contributed by atoms with Crippen LogP contribution in [-0.2, 0) is 4.74 Å². The van der Waals surface area contributed by atoms with E-state index in [2.05, 4.69) is 16.4 Å². The lowest BCUT2D eigenvalue weighted by Crippen LogP contribution is -2.03. The van der Waals surface area contributed by atoms with E-state index in [1.165, 1.54) is 0 Å². The predicted octanol–water partition coefficient (Wildman–Crippen LogP) is -3.02. The van der Waals surface area contributed by atoms with Gasteiger partial charge in [0.15, 0.2) is 0 Å². The van der Waals surface area contributed by atoms with E-state index in [-0.39, 0.29) is 18.7 Å². The molecular formula is C4H16N2O4. The number of hydrazine groups is 1. The van der Waals surface area contributed by atoms with Crippen LogP contribution in [0.4, 0.5) is 0 Å². The first-order valence-electron chi connectivity index (χ1n) is 2.54. The van der Waals surface area contributed by atoms with Gasteiger partial charge < -0.3 is 20.4 Å². The second-order valence-corrected chi connectivity index (χ2v) is 1.06. The second-order valence-electron chi connectivity index (χ2n) is 1.06. The van der Waals surface area contributed by atoms with E-state index in [4.69, 9.17) is 10.2 Å². The highest BCUT2D eigenvalue weighted by atomic mass is 16.5. The molecule has 0 bridgehead atoms. The number of ether oxygens (including phenoxy) is 1. The predicted molar refractivity (Wildman–Crippen MR) is 37.0 cm³/mol. The van der Waals surface area contributed by atoms with Crippen LogP contribution < -0.4 is 11.7 Å². The van der Waals surface area contributed by atoms with E-state index in [0.717, 1.165) is 0 Å². The molecule has 8 N–H and O–H groups in total. The standard InChI is InChI=1S/C4H10O3.H4N2.H2O/c5-1-3-7-4-2-6;1-2;/h5-6H,1-4H2;1-2H2;1H2. The summed E-state index contributed by atoms with van der Waals surface area (Å²) >= 11 is 0. The molecule has 0 radical (unpaired) electrons. The molecule has 0 aromatic carbocycles. The highest BCUT2D eigenvalue weighted by Crippen LogP contribution is 1.68. The zero-order chi connectivity index (χ0) is 7.54. The van der Waals surface area contributed by atoms with Crippen LogP contribution in [0.2, 0.25) is 0 Å². The number of hydrogen-bond acceptors (Lipinski definition) is 5. The molecule has 0 aromatic rings. The first kappa shape index (κ1) is 16.4. The van der Waals surface area contributed by atoms with Crippen LogP contribution in [-0.4, -0.2) is 42.1 Å². The SMILES string of the molecule is NN.O.OCCOCCO. The Balaban J connectivity index is -0.000000149. The van der Waals surface area contributed by atoms with Crippen molar-refractivity contribution >= 4 is 0 Å². The highest BCUT2D eigenvalue weighted by Gasteiger charge is 1.79. The Morgan fingerprint density at radius 2 is 1.30 bits per heavy atom. The highest BCUT2D eigenvalue weighted by molar-refractivity contribution is 4.24. The number of aliphatic hydroxyl groups excluding tert-OH is 2. The Morgan fingerprint density at radius 3 is 1.50 bits per heavy atom. The van der Waals surface area contributed by atoms with Crippen LogP contribution >= 0.6 is 0 Å². The van der Waals surface area contributed by atoms with Crippen molar-refractivity contribution in [1.82, 2.24) is 0 Å². The Hall–Kier alpha value is -0.240. The van der Waals surface area contributed by atoms with Crippen molar-refractivity contribution in [1.29, 1.82) is 0 Å². The lowest BCUT2D eigenvalue weighted by Gasteiger charge is -1.94. The van der Waals surface area contributed by atoms with Gasteiger partial charge in [-0.1, -0.05) is 0 Å². The molecule has 0 fully saturated rings. The first-order chi connectivity index (χ1) is 4.41. The average molecular weight is 156 g/mol. The maximum atomic E-state index is 8.09. The molecule has 6 nitrogen and oxygen atoms in total. The third-order valence-electron chi connectivity index (χ3n) is 0.471. The third kappa shape index (κ3) is 25.1. The van der Waals surface area contributed by atoms with Crippen molar-refractivity contribution in [2.24, 2.45) is 11.7 Å². The molecule has 0 aliphatic carbocycles. The monoisotopic (exact) mass is 156 g/mol. The molecular weight excluding hydrogens is 140 g/mol. The molecule has 0 atom stereocenters. The molecule has 0 aliphatic rings. The van der Waals surface area contributed by atoms with Gasteiger partial charge in [0.1, 0.15) is 0 Å². The van der Waals surface area contributed by atoms with Crippen molar-refractivity contribution < 1.29 is 20.4 Å². The van der Waals surface area contributed by atoms with Gasteiger partial charge in [-0.15, -0.1) is 0 Å². The minimum Gasteiger partial charge on any atom is -0.412 e. The van der Waals surface area contributed by atoms with Gasteiger partial charge in [0.2, 0.25) is 0 Å². The van der Waals surface area contributed by atoms with Gasteiger partial charge in [0, 0.05) is 0 Å². The van der Waals surface area contributed by atoms with Gasteiger partial charge in [0.25, 0.3) is 0 Å². The molecule has 10 heavy (non-hydrogen) atoms. The molecule has 0 amide bonds. The molecule has 0 unspecified atom stereocenters. The topological polar surface area (TPSA) is 133 Å². The lowest BCUT2D eigenvalue weighted by molar-refractivity contribution is 0.0650. The fourth-order valence-electron chi connectivity index (χ4n) is 0.231. The summed E-state index contributed by atoms with van der Waals surface area (Å²) in [5.74, 6) is 8.00. The smallest absolute Gasteiger partial charge is 0.0698 e. The largest absolute Gasteiger partial charge is 0.412 e. The van der Waals surface area contributed by atoms with Crippen molar-refractivity contribution in [3.63, 3.8) is 0 Å². The first-order valence-corrected chi connectivity index (χ1v) is 2.54. The summed E-state index contributed by atoms with van der Waals surface area (Å²) in [5, 5.41) is 16.2. The van der Waals surface area contributed by atoms with Gasteiger partial charge in [-0.05, 0) is 0 Å². The quantitative estimate of drug-likeness (QED) is 0.195. The lowest BCUT2D eigenvalue weighted by atomic mass is 10.7. The van der Waals surface area contributed by atoms with Crippen LogP contribution in [0, 0.1) is 0 Å². The molecule has 6 heteroatoms. The minimum atomic E-state index is 0. The second kappa shape index (κ2) is 23.3. The van der Waals surface area contributed by atoms with Gasteiger partial charge in [-0.2, -0.15) is 0 Å². The molecule has 0 saturated heterocycles. The van der Waals surface area contributed by atoms with Gasteiger partial charge in [-0.3, -0.25) is 11.7 Å². The summed E-state index contributed by atoms with van der Waals surface area (Å²) in [5.41, 5.74) is 0. The molecule has 0 rings (SSSR count). The molecule has 0 aromatic heterocycles. The normalized spacial score (nSPS) is 7.20. The summed E-state index contributed by atoms with van der Waals surface area (Å²) < 4.78 is 4.63. The van der Waals surface area contributed by atoms with E-state index in [9.17, 15) is 0 Å². The average Bonchev–Trinajstić information content (AvgIpc) is 1.94. The van der Waals surface area contributed by atoms with Crippen molar-refractivity contribution in [2.75, 3.05) is 26.4 Å². The number of hydrogen-bond donors (Lipinski definition) is 4. The van der Waals surface area contributed by atoms with E-state index < -0.39 is 0 Å². The number of rotatable bonds is 4. The number of nitrogens with two attached hydrogens (primary N) is 2. The van der Waals surface area contributed by atoms with Crippen molar-refractivity contribution in [2.45, 2.75) is 0 Å². The summed E-state index contributed by atoms with van der Waals surface area (Å²) in [7, 11) is 0. The van der Waals surface area contributed by atoms with E-state index in [1.54, 1.807) is 0 Å². The summed E-state index contributed by atoms with van der Waals surface area (Å²) in [6.07, 6.45) is 0. The fourth-order valence-corrected chi connectivity index (χ4v) is 0.231. The molecule has 66 valence electrons. The molecule has 0 saturated carbocycles. The summed E-state index contributed by atoms with van der Waals surface area (Å²) in [4.78, 5) is 0. The summed E-state index contributed by atoms with van der Waals surface area (Å²) in [6.45, 7) is 0.696. The number of aliphatic hydroxyl groups is 2. The Morgan fingerprint density at radius 1 is 1.00 bits per heavy atom. The minimum absolute atomic E-state index is 0. The van der Waals surface area contributed by atoms with E-state index in [1.807, 2.05) is 0 Å². The maximum Gasteiger partial charge on any atom is 0.0698 e. The van der Waals surface area contributed by atoms with Gasteiger partial charge >= 0.3 is 0 Å². The van der Waals surface area contributed by atoms with Crippen molar-refractivity contribution in [3.05, 3.63) is 0 Å². The van der Waals surface area contributed by atoms with Crippen LogP contribution in [0.5, 0.6) is 0 Å². The molecule has 0 heterocycles. The Kier molecular flexibility index (Phi) is 38.2. The summed E-state index contributed by atoms with van der Waals surface area (Å²) in [6, 6.07) is 0. The maximum absolute atomic E-state index is 8.09. The van der Waals surface area contributed by atoms with Crippen molar-refractivity contribution in [3.8, 4) is 0 Å². The van der Waals surface area contributed by atoms with Crippen LogP contribution in [0.15, 0.2) is 0 Å². The molecule has 0 spiro atoms. The Labute approximate surface area is 59.7 Å². The van der Waals surface area contributed by atoms with Gasteiger partial charge in [0.05, 0.1) is 26.4 Å². The molecule has 0 aliphatic heterocycles. The third-order valence-corrected chi connectivity index (χ3v) is 0.471. The zero-order valence-corrected chi connectivity index (χ0v) is 5.79. The van der Waals surface area contributed by atoms with E-state index >= 15 is 0 Å². The van der Waals surface area contributed by atoms with Crippen LogP contribution in [0.1, 0.15) is 0 Å². The van der Waals surface area contributed by atoms with E-state index in [0.29, 0.717) is 13.2 Å². The van der Waals surface area contributed by atoms with Crippen LogP contribution in [0.25, 0.3) is 0 Å².